The van der Waals surface area contributed by atoms with E-state index in [1.165, 1.54) is 180 Å². The van der Waals surface area contributed by atoms with Crippen LogP contribution >= 0.6 is 7.82 Å². The summed E-state index contributed by atoms with van der Waals surface area (Å²) in [4.78, 5) is 38.1. The van der Waals surface area contributed by atoms with Crippen LogP contribution in [0.2, 0.25) is 0 Å². The van der Waals surface area contributed by atoms with Crippen molar-refractivity contribution in [1.82, 2.24) is 0 Å². The van der Waals surface area contributed by atoms with Crippen LogP contribution in [0.4, 0.5) is 0 Å². The van der Waals surface area contributed by atoms with E-state index in [1.807, 2.05) is 21.1 Å². The summed E-state index contributed by atoms with van der Waals surface area (Å²) < 4.78 is 34.3. The lowest BCUT2D eigenvalue weighted by Gasteiger charge is -2.28. The van der Waals surface area contributed by atoms with E-state index in [0.717, 1.165) is 109 Å². The molecule has 0 aromatic rings. The maximum Gasteiger partial charge on any atom is 0.306 e. The van der Waals surface area contributed by atoms with E-state index in [-0.39, 0.29) is 26.1 Å². The van der Waals surface area contributed by atoms with Crippen LogP contribution in [0.3, 0.4) is 0 Å². The highest BCUT2D eigenvalue weighted by molar-refractivity contribution is 7.45. The van der Waals surface area contributed by atoms with Crippen LogP contribution in [0, 0.1) is 0 Å². The Morgan fingerprint density at radius 1 is 0.340 bits per heavy atom. The van der Waals surface area contributed by atoms with Gasteiger partial charge in [0.2, 0.25) is 0 Å². The van der Waals surface area contributed by atoms with Gasteiger partial charge in [-0.1, -0.05) is 333 Å². The maximum absolute atomic E-state index is 12.9. The van der Waals surface area contributed by atoms with Crippen LogP contribution in [0.15, 0.2) is 146 Å². The number of quaternary nitrogens is 1. The molecule has 0 radical (unpaired) electrons. The summed E-state index contributed by atoms with van der Waals surface area (Å²) in [6.45, 7) is 4.11. The van der Waals surface area contributed by atoms with E-state index < -0.39 is 32.5 Å². The Hall–Kier alpha value is -4.11. The Labute approximate surface area is 580 Å². The summed E-state index contributed by atoms with van der Waals surface area (Å²) in [5, 5.41) is 0. The second-order valence-electron chi connectivity index (χ2n) is 26.6. The molecule has 2 unspecified atom stereocenters. The first-order valence-electron chi connectivity index (χ1n) is 38.5. The second kappa shape index (κ2) is 73.1. The summed E-state index contributed by atoms with van der Waals surface area (Å²) in [7, 11) is 1.13. The number of hydrogen-bond acceptors (Lipinski definition) is 8. The molecule has 0 aromatic carbocycles. The molecule has 94 heavy (non-hydrogen) atoms. The summed E-state index contributed by atoms with van der Waals surface area (Å²) >= 11 is 0. The molecule has 0 fully saturated rings. The molecule has 0 spiro atoms. The quantitative estimate of drug-likeness (QED) is 0.0195. The third kappa shape index (κ3) is 76.9. The minimum absolute atomic E-state index is 0.0438. The van der Waals surface area contributed by atoms with E-state index >= 15 is 0 Å². The Morgan fingerprint density at radius 3 is 0.926 bits per heavy atom. The SMILES string of the molecule is CC/C=C\C/C=C\C/C=C\C/C=C\C/C=C\C/C=C\C/C=C\C/C=C\C/C=C\C/C=C\C/C=C\CCCCCC(=O)OC(COC(=O)CCCCCCCCCCCCCCCCCCCCCCC/C=C\CCCCCCCCCC)COP(=O)([O-])OCC[N+](C)(C)C. The molecular weight excluding hydrogens is 1180 g/mol. The van der Waals surface area contributed by atoms with Crippen molar-refractivity contribution in [2.24, 2.45) is 0 Å². The van der Waals surface area contributed by atoms with Gasteiger partial charge in [0, 0.05) is 12.8 Å². The molecule has 0 saturated carbocycles. The number of unbranched alkanes of at least 4 members (excludes halogenated alkanes) is 32. The average molecular weight is 1330 g/mol. The van der Waals surface area contributed by atoms with Crippen molar-refractivity contribution in [3.8, 4) is 0 Å². The molecular formula is C84H144NO8P. The van der Waals surface area contributed by atoms with Crippen LogP contribution in [-0.2, 0) is 32.7 Å². The lowest BCUT2D eigenvalue weighted by atomic mass is 10.0. The van der Waals surface area contributed by atoms with Gasteiger partial charge in [-0.25, -0.2) is 0 Å². The second-order valence-corrected chi connectivity index (χ2v) is 28.0. The third-order valence-corrected chi connectivity index (χ3v) is 17.3. The van der Waals surface area contributed by atoms with Gasteiger partial charge in [0.1, 0.15) is 19.8 Å². The van der Waals surface area contributed by atoms with Crippen LogP contribution in [0.1, 0.15) is 322 Å². The topological polar surface area (TPSA) is 111 Å². The first-order chi connectivity index (χ1) is 46.0. The smallest absolute Gasteiger partial charge is 0.306 e. The van der Waals surface area contributed by atoms with E-state index in [4.69, 9.17) is 18.5 Å². The lowest BCUT2D eigenvalue weighted by Crippen LogP contribution is -2.37. The Bertz CT molecular complexity index is 2100. The highest BCUT2D eigenvalue weighted by Crippen LogP contribution is 2.38. The Kier molecular flexibility index (Phi) is 69.9. The summed E-state index contributed by atoms with van der Waals surface area (Å²) in [6.07, 6.45) is 108. The molecule has 0 aliphatic carbocycles. The summed E-state index contributed by atoms with van der Waals surface area (Å²) in [6, 6.07) is 0. The monoisotopic (exact) mass is 1330 g/mol. The zero-order chi connectivity index (χ0) is 68.3. The van der Waals surface area contributed by atoms with Crippen molar-refractivity contribution in [3.05, 3.63) is 146 Å². The number of esters is 2. The zero-order valence-corrected chi connectivity index (χ0v) is 62.3. The van der Waals surface area contributed by atoms with Gasteiger partial charge >= 0.3 is 11.9 Å². The fourth-order valence-corrected chi connectivity index (χ4v) is 11.2. The summed E-state index contributed by atoms with van der Waals surface area (Å²) in [5.74, 6) is -0.870. The number of carbonyl (C=O) groups excluding carboxylic acids is 2. The molecule has 0 N–H and O–H groups in total. The van der Waals surface area contributed by atoms with E-state index in [0.29, 0.717) is 17.4 Å². The van der Waals surface area contributed by atoms with Crippen LogP contribution in [-0.4, -0.2) is 70.0 Å². The number of likely N-dealkylation sites (N-methyl/N-ethyl adjacent to an activating group) is 1. The van der Waals surface area contributed by atoms with E-state index in [9.17, 15) is 19.0 Å². The van der Waals surface area contributed by atoms with Gasteiger partial charge in [0.25, 0.3) is 7.82 Å². The minimum Gasteiger partial charge on any atom is -0.756 e. The van der Waals surface area contributed by atoms with Gasteiger partial charge in [0.15, 0.2) is 6.10 Å². The first-order valence-corrected chi connectivity index (χ1v) is 40.0. The number of phosphoric acid groups is 1. The molecule has 0 aromatic heterocycles. The molecule has 0 rings (SSSR count). The van der Waals surface area contributed by atoms with Crippen molar-refractivity contribution in [3.63, 3.8) is 0 Å². The van der Waals surface area contributed by atoms with Gasteiger partial charge < -0.3 is 27.9 Å². The standard InChI is InChI=1S/C84H144NO8P/c1-6-8-10-12-14-16-18-20-22-24-26-28-30-32-34-36-38-40-41-42-43-45-47-49-51-53-55-57-59-61-63-65-67-69-71-73-75-77-84(87)93-82(81-92-94(88,89)91-79-78-85(3,4)5)80-90-83(86)76-74-72-70-68-66-64-62-60-58-56-54-52-50-48-46-44-39-37-35-33-31-29-27-25-23-21-19-17-15-13-11-9-7-2/h8,10,14,16,20,22,25-28,32,34,38,40,42-43,47,49,53,55,59,61,65,67,82H,6-7,9,11-13,15,17-19,21,23-24,29-31,33,35-37,39,41,44-46,48,50-52,54,56-58,60,62-64,66,68-81H2,1-5H3/b10-8-,16-14-,22-20-,27-25-,28-26-,34-32-,40-38-,43-42-,49-47-,55-53-,61-59-,67-65-. The highest BCUT2D eigenvalue weighted by atomic mass is 31.2. The molecule has 0 heterocycles. The fourth-order valence-electron chi connectivity index (χ4n) is 10.5. The van der Waals surface area contributed by atoms with Crippen LogP contribution in [0.25, 0.3) is 0 Å². The molecule has 2 atom stereocenters. The lowest BCUT2D eigenvalue weighted by molar-refractivity contribution is -0.870. The number of ether oxygens (including phenoxy) is 2. The van der Waals surface area contributed by atoms with Crippen molar-refractivity contribution in [2.75, 3.05) is 47.5 Å². The molecule has 9 nitrogen and oxygen atoms in total. The van der Waals surface area contributed by atoms with E-state index in [2.05, 4.69) is 160 Å². The summed E-state index contributed by atoms with van der Waals surface area (Å²) in [5.41, 5.74) is 0. The average Bonchev–Trinajstić information content (AvgIpc) is 1.56. The predicted molar refractivity (Wildman–Crippen MR) is 406 cm³/mol. The van der Waals surface area contributed by atoms with Gasteiger partial charge in [-0.2, -0.15) is 0 Å². The molecule has 538 valence electrons. The largest absolute Gasteiger partial charge is 0.756 e. The highest BCUT2D eigenvalue weighted by Gasteiger charge is 2.22. The first kappa shape index (κ1) is 89.9. The van der Waals surface area contributed by atoms with Gasteiger partial charge in [-0.15, -0.1) is 0 Å². The van der Waals surface area contributed by atoms with Gasteiger partial charge in [-0.3, -0.25) is 14.2 Å². The molecule has 0 amide bonds. The number of nitrogens with zero attached hydrogens (tertiary/aromatic N) is 1. The maximum atomic E-state index is 12.9. The predicted octanol–water partition coefficient (Wildman–Crippen LogP) is 25.1. The number of rotatable bonds is 70. The van der Waals surface area contributed by atoms with Crippen molar-refractivity contribution < 1.29 is 42.1 Å². The number of phosphoric ester groups is 1. The molecule has 0 bridgehead atoms. The van der Waals surface area contributed by atoms with Crippen molar-refractivity contribution in [2.45, 2.75) is 328 Å². The van der Waals surface area contributed by atoms with Crippen LogP contribution in [0.5, 0.6) is 0 Å². The van der Waals surface area contributed by atoms with Crippen LogP contribution < -0.4 is 4.89 Å². The fraction of sp³-hybridized carbons (Fsp3) is 0.690. The molecule has 0 saturated heterocycles. The number of hydrogen-bond donors (Lipinski definition) is 0. The minimum atomic E-state index is -4.66. The Morgan fingerprint density at radius 2 is 0.606 bits per heavy atom. The molecule has 10 heteroatoms. The van der Waals surface area contributed by atoms with Crippen molar-refractivity contribution >= 4 is 19.8 Å². The van der Waals surface area contributed by atoms with E-state index in [1.54, 1.807) is 0 Å². The zero-order valence-electron chi connectivity index (χ0n) is 61.4. The van der Waals surface area contributed by atoms with Gasteiger partial charge in [0.05, 0.1) is 27.7 Å². The third-order valence-electron chi connectivity index (χ3n) is 16.3. The number of allylic oxidation sites excluding steroid dienone is 24. The normalized spacial score (nSPS) is 13.9. The Balaban J connectivity index is 4.11. The van der Waals surface area contributed by atoms with Crippen molar-refractivity contribution in [1.29, 1.82) is 0 Å². The number of carbonyl (C=O) groups is 2. The molecule has 0 aliphatic heterocycles. The molecule has 0 aliphatic rings. The van der Waals surface area contributed by atoms with Gasteiger partial charge in [-0.05, 0) is 122 Å².